The molecule has 3 saturated carbocycles. The van der Waals surface area contributed by atoms with Crippen LogP contribution in [0.25, 0.3) is 0 Å². The Hall–Kier alpha value is -1.83. The summed E-state index contributed by atoms with van der Waals surface area (Å²) in [5.41, 5.74) is -1.85. The van der Waals surface area contributed by atoms with Crippen molar-refractivity contribution in [3.63, 3.8) is 0 Å². The van der Waals surface area contributed by atoms with Gasteiger partial charge in [-0.1, -0.05) is 19.9 Å². The molecule has 162 valence electrons. The molecule has 0 radical (unpaired) electrons. The Morgan fingerprint density at radius 2 is 2.03 bits per heavy atom. The lowest BCUT2D eigenvalue weighted by atomic mass is 9.45. The van der Waals surface area contributed by atoms with Crippen molar-refractivity contribution in [2.24, 2.45) is 33.6 Å². The van der Waals surface area contributed by atoms with Gasteiger partial charge in [-0.2, -0.15) is 0 Å². The fourth-order valence-electron chi connectivity index (χ4n) is 7.86. The first kappa shape index (κ1) is 20.1. The molecule has 4 unspecified atom stereocenters. The molecule has 1 aliphatic heterocycles. The number of aliphatic hydroxyl groups is 3. The van der Waals surface area contributed by atoms with Crippen molar-refractivity contribution >= 4 is 17.5 Å². The summed E-state index contributed by atoms with van der Waals surface area (Å²) in [6, 6.07) is 0. The van der Waals surface area contributed by atoms with Gasteiger partial charge in [0.1, 0.15) is 12.7 Å². The van der Waals surface area contributed by atoms with Gasteiger partial charge in [-0.15, -0.1) is 0 Å². The summed E-state index contributed by atoms with van der Waals surface area (Å²) >= 11 is 0. The Balaban J connectivity index is 1.63. The van der Waals surface area contributed by atoms with Crippen molar-refractivity contribution in [3.05, 3.63) is 23.8 Å². The molecule has 0 spiro atoms. The summed E-state index contributed by atoms with van der Waals surface area (Å²) in [5, 5.41) is 32.2. The molecular weight excluding hydrogens is 386 g/mol. The number of carbonyl (C=O) groups excluding carboxylic acids is 2. The minimum atomic E-state index is -1.21. The van der Waals surface area contributed by atoms with Gasteiger partial charge in [-0.25, -0.2) is 4.99 Å². The highest BCUT2D eigenvalue weighted by atomic mass is 16.5. The van der Waals surface area contributed by atoms with E-state index < -0.39 is 41.3 Å². The monoisotopic (exact) mass is 415 g/mol. The van der Waals surface area contributed by atoms with E-state index in [1.54, 1.807) is 6.92 Å². The zero-order chi connectivity index (χ0) is 21.6. The number of Topliss-reactive ketones (excluding diaryl/α,β-unsaturated/α-hetero) is 1. The van der Waals surface area contributed by atoms with Crippen molar-refractivity contribution in [1.29, 1.82) is 0 Å². The molecule has 30 heavy (non-hydrogen) atoms. The maximum atomic E-state index is 13.1. The molecule has 0 aromatic carbocycles. The average molecular weight is 415 g/mol. The molecule has 5 rings (SSSR count). The van der Waals surface area contributed by atoms with E-state index in [9.17, 15) is 24.9 Å². The molecule has 3 fully saturated rings. The highest BCUT2D eigenvalue weighted by Crippen LogP contribution is 2.69. The first-order chi connectivity index (χ1) is 14.1. The standard InChI is InChI=1S/C23H29NO6/c1-11-24-23(18(29)10-25)19(30-11)8-14-13-7-16(27)15-6-12(26)4-5-21(15,2)20(13)17(28)9-22(14,23)3/h4-6,13-14,16-17,19-20,25,27-28H,7-10H2,1-3H3/t13-,14?,16-,17-,19?,20?,21-,22-,23?/m0/s1. The Bertz CT molecular complexity index is 923. The SMILES string of the molecule is CC1=NC2(C(=O)CO)C(CC3[C@@H]4C[C@H](O)C5=CC(=O)C=C[C@]5(C)C4[C@@H](O)C[C@@]32C)O1. The number of ether oxygens (including phenoxy) is 1. The van der Waals surface area contributed by atoms with Crippen molar-refractivity contribution in [3.8, 4) is 0 Å². The number of ketones is 2. The number of rotatable bonds is 2. The smallest absolute Gasteiger partial charge is 0.190 e. The molecule has 7 heteroatoms. The van der Waals surface area contributed by atoms with Gasteiger partial charge in [0.25, 0.3) is 0 Å². The van der Waals surface area contributed by atoms with Gasteiger partial charge in [-0.3, -0.25) is 9.59 Å². The maximum Gasteiger partial charge on any atom is 0.190 e. The highest BCUT2D eigenvalue weighted by molar-refractivity contribution is 6.01. The Morgan fingerprint density at radius 3 is 2.73 bits per heavy atom. The number of allylic oxidation sites excluding steroid dienone is 3. The number of carbonyl (C=O) groups is 2. The van der Waals surface area contributed by atoms with Crippen LogP contribution < -0.4 is 0 Å². The molecule has 0 saturated heterocycles. The minimum absolute atomic E-state index is 0.0118. The van der Waals surface area contributed by atoms with Crippen LogP contribution in [-0.4, -0.2) is 63.2 Å². The van der Waals surface area contributed by atoms with Crippen LogP contribution in [-0.2, 0) is 14.3 Å². The third kappa shape index (κ3) is 2.18. The van der Waals surface area contributed by atoms with E-state index in [-0.39, 0.29) is 29.3 Å². The number of hydrogen-bond acceptors (Lipinski definition) is 7. The largest absolute Gasteiger partial charge is 0.475 e. The van der Waals surface area contributed by atoms with Crippen LogP contribution in [0.4, 0.5) is 0 Å². The van der Waals surface area contributed by atoms with Crippen LogP contribution in [0.5, 0.6) is 0 Å². The number of aliphatic imine (C=N–C) groups is 1. The number of fused-ring (bicyclic) bond motifs is 7. The molecule has 4 aliphatic carbocycles. The predicted octanol–water partition coefficient (Wildman–Crippen LogP) is 0.963. The lowest BCUT2D eigenvalue weighted by Crippen LogP contribution is -2.63. The van der Waals surface area contributed by atoms with Crippen molar-refractivity contribution < 1.29 is 29.6 Å². The number of nitrogens with zero attached hydrogens (tertiary/aromatic N) is 1. The van der Waals surface area contributed by atoms with Crippen LogP contribution in [0.3, 0.4) is 0 Å². The summed E-state index contributed by atoms with van der Waals surface area (Å²) in [6.07, 6.45) is 4.23. The quantitative estimate of drug-likeness (QED) is 0.619. The van der Waals surface area contributed by atoms with Gasteiger partial charge in [0, 0.05) is 23.7 Å². The zero-order valence-corrected chi connectivity index (χ0v) is 17.5. The third-order valence-corrected chi connectivity index (χ3v) is 8.92. The van der Waals surface area contributed by atoms with Gasteiger partial charge >= 0.3 is 0 Å². The predicted molar refractivity (Wildman–Crippen MR) is 108 cm³/mol. The van der Waals surface area contributed by atoms with Crippen LogP contribution in [0.1, 0.15) is 40.0 Å². The van der Waals surface area contributed by atoms with Gasteiger partial charge in [0.05, 0.1) is 12.2 Å². The normalized spacial score (nSPS) is 51.2. The van der Waals surface area contributed by atoms with Crippen LogP contribution in [0, 0.1) is 28.6 Å². The van der Waals surface area contributed by atoms with Crippen LogP contribution in [0.2, 0.25) is 0 Å². The molecule has 5 aliphatic rings. The van der Waals surface area contributed by atoms with Gasteiger partial charge in [0.15, 0.2) is 23.0 Å². The molecule has 0 bridgehead atoms. The molecule has 3 N–H and O–H groups in total. The van der Waals surface area contributed by atoms with E-state index >= 15 is 0 Å². The van der Waals surface area contributed by atoms with Crippen molar-refractivity contribution in [2.45, 2.75) is 63.9 Å². The first-order valence-corrected chi connectivity index (χ1v) is 10.8. The third-order valence-electron chi connectivity index (χ3n) is 8.92. The van der Waals surface area contributed by atoms with Crippen LogP contribution >= 0.6 is 0 Å². The number of aliphatic hydroxyl groups excluding tert-OH is 3. The molecule has 1 heterocycles. The van der Waals surface area contributed by atoms with E-state index in [2.05, 4.69) is 4.99 Å². The Morgan fingerprint density at radius 1 is 1.30 bits per heavy atom. The molecule has 0 aromatic heterocycles. The Kier molecular flexibility index (Phi) is 4.09. The van der Waals surface area contributed by atoms with E-state index in [0.29, 0.717) is 30.7 Å². The van der Waals surface area contributed by atoms with Gasteiger partial charge < -0.3 is 20.1 Å². The molecule has 0 amide bonds. The number of hydrogen-bond donors (Lipinski definition) is 3. The van der Waals surface area contributed by atoms with Crippen molar-refractivity contribution in [1.82, 2.24) is 0 Å². The minimum Gasteiger partial charge on any atom is -0.475 e. The average Bonchev–Trinajstić information content (AvgIpc) is 3.13. The molecule has 9 atom stereocenters. The lowest BCUT2D eigenvalue weighted by molar-refractivity contribution is -0.150. The van der Waals surface area contributed by atoms with Crippen molar-refractivity contribution in [2.75, 3.05) is 6.61 Å². The maximum absolute atomic E-state index is 13.1. The summed E-state index contributed by atoms with van der Waals surface area (Å²) in [4.78, 5) is 29.7. The summed E-state index contributed by atoms with van der Waals surface area (Å²) < 4.78 is 5.96. The zero-order valence-electron chi connectivity index (χ0n) is 17.5. The summed E-state index contributed by atoms with van der Waals surface area (Å²) in [7, 11) is 0. The van der Waals surface area contributed by atoms with E-state index in [1.807, 2.05) is 19.9 Å². The topological polar surface area (TPSA) is 116 Å². The fourth-order valence-corrected chi connectivity index (χ4v) is 7.86. The fraction of sp³-hybridized carbons (Fsp3) is 0.696. The van der Waals surface area contributed by atoms with E-state index in [0.717, 1.165) is 0 Å². The van der Waals surface area contributed by atoms with Gasteiger partial charge in [-0.05, 0) is 48.8 Å². The van der Waals surface area contributed by atoms with E-state index in [4.69, 9.17) is 4.74 Å². The first-order valence-electron chi connectivity index (χ1n) is 10.8. The molecule has 0 aromatic rings. The second-order valence-corrected chi connectivity index (χ2v) is 10.2. The van der Waals surface area contributed by atoms with Crippen LogP contribution in [0.15, 0.2) is 28.8 Å². The van der Waals surface area contributed by atoms with Gasteiger partial charge in [0.2, 0.25) is 0 Å². The Labute approximate surface area is 175 Å². The highest BCUT2D eigenvalue weighted by Gasteiger charge is 2.74. The second-order valence-electron chi connectivity index (χ2n) is 10.2. The van der Waals surface area contributed by atoms with E-state index in [1.165, 1.54) is 12.2 Å². The summed E-state index contributed by atoms with van der Waals surface area (Å²) in [5.74, 6) is -0.334. The summed E-state index contributed by atoms with van der Waals surface area (Å²) in [6.45, 7) is 5.06. The molecule has 7 nitrogen and oxygen atoms in total. The lowest BCUT2D eigenvalue weighted by Gasteiger charge is -2.60. The second kappa shape index (κ2) is 6.11. The molecular formula is C23H29NO6.